The Hall–Kier alpha value is -4.05. The molecule has 9 nitrogen and oxygen atoms in total. The third-order valence-corrected chi connectivity index (χ3v) is 11.5. The first-order chi connectivity index (χ1) is 34.6. The van der Waals surface area contributed by atoms with Crippen LogP contribution in [0, 0.1) is 0 Å². The fourth-order valence-electron chi connectivity index (χ4n) is 7.20. The molecule has 404 valence electrons. The second kappa shape index (κ2) is 52.3. The summed E-state index contributed by atoms with van der Waals surface area (Å²) in [6.07, 6.45) is 68.6. The molecule has 0 bridgehead atoms. The normalized spacial score (nSPS) is 13.6. The second-order valence-electron chi connectivity index (χ2n) is 19.5. The van der Waals surface area contributed by atoms with Crippen molar-refractivity contribution in [1.29, 1.82) is 0 Å². The molecule has 0 aliphatic rings. The number of esters is 2. The van der Waals surface area contributed by atoms with Gasteiger partial charge in [-0.15, -0.1) is 0 Å². The number of hydrogen-bond donors (Lipinski definition) is 1. The molecule has 0 aliphatic carbocycles. The monoisotopic (exact) mass is 991 g/mol. The summed E-state index contributed by atoms with van der Waals surface area (Å²) < 4.78 is 22.8. The third-order valence-electron chi connectivity index (χ3n) is 11.5. The lowest BCUT2D eigenvalue weighted by Crippen LogP contribution is -2.40. The average Bonchev–Trinajstić information content (AvgIpc) is 3.34. The van der Waals surface area contributed by atoms with E-state index in [1.807, 2.05) is 21.1 Å². The van der Waals surface area contributed by atoms with Gasteiger partial charge in [-0.3, -0.25) is 9.59 Å². The number of nitrogens with zero attached hydrogens (tertiary/aromatic N) is 1. The number of hydrogen-bond acceptors (Lipinski definition) is 7. The van der Waals surface area contributed by atoms with Crippen LogP contribution < -0.4 is 0 Å². The van der Waals surface area contributed by atoms with Gasteiger partial charge in [-0.2, -0.15) is 0 Å². The molecule has 2 unspecified atom stereocenters. The van der Waals surface area contributed by atoms with Gasteiger partial charge in [-0.05, 0) is 103 Å². The van der Waals surface area contributed by atoms with Crippen LogP contribution in [-0.4, -0.2) is 87.4 Å². The maximum atomic E-state index is 12.9. The van der Waals surface area contributed by atoms with Crippen LogP contribution in [-0.2, 0) is 33.3 Å². The number of carbonyl (C=O) groups is 3. The van der Waals surface area contributed by atoms with Crippen LogP contribution in [0.1, 0.15) is 206 Å². The number of quaternary nitrogens is 1. The van der Waals surface area contributed by atoms with Crippen molar-refractivity contribution in [2.24, 2.45) is 0 Å². The Kier molecular flexibility index (Phi) is 49.3. The van der Waals surface area contributed by atoms with E-state index in [0.29, 0.717) is 17.4 Å². The Morgan fingerprint density at radius 3 is 1.20 bits per heavy atom. The van der Waals surface area contributed by atoms with Crippen LogP contribution in [0.2, 0.25) is 0 Å². The summed E-state index contributed by atoms with van der Waals surface area (Å²) >= 11 is 0. The molecule has 0 saturated carbocycles. The Morgan fingerprint density at radius 1 is 0.437 bits per heavy atom. The number of aliphatic carboxylic acids is 1. The van der Waals surface area contributed by atoms with Crippen molar-refractivity contribution in [3.63, 3.8) is 0 Å². The van der Waals surface area contributed by atoms with Gasteiger partial charge in [0.15, 0.2) is 6.10 Å². The number of unbranched alkanes of at least 4 members (excludes halogenated alkanes) is 17. The number of carboxylic acids is 1. The van der Waals surface area contributed by atoms with Gasteiger partial charge in [0.25, 0.3) is 6.29 Å². The number of likely N-dealkylation sites (N-methyl/N-ethyl adjacent to an activating group) is 1. The molecule has 0 spiro atoms. The molecule has 0 heterocycles. The molecule has 0 aromatic carbocycles. The van der Waals surface area contributed by atoms with E-state index in [2.05, 4.69) is 123 Å². The minimum absolute atomic E-state index is 0.176. The Balaban J connectivity index is 4.38. The highest BCUT2D eigenvalue weighted by atomic mass is 16.7. The highest BCUT2D eigenvalue weighted by molar-refractivity contribution is 5.71. The predicted molar refractivity (Wildman–Crippen MR) is 299 cm³/mol. The van der Waals surface area contributed by atoms with Gasteiger partial charge in [-0.25, -0.2) is 4.79 Å². The molecule has 0 amide bonds. The van der Waals surface area contributed by atoms with Crippen molar-refractivity contribution >= 4 is 17.9 Å². The molecular formula is C62H104NO8+. The van der Waals surface area contributed by atoms with Gasteiger partial charge in [0.05, 0.1) is 34.4 Å². The first-order valence-electron chi connectivity index (χ1n) is 28.1. The topological polar surface area (TPSA) is 108 Å². The van der Waals surface area contributed by atoms with Crippen molar-refractivity contribution in [2.45, 2.75) is 219 Å². The zero-order valence-electron chi connectivity index (χ0n) is 45.8. The first-order valence-corrected chi connectivity index (χ1v) is 28.1. The van der Waals surface area contributed by atoms with Crippen LogP contribution in [0.4, 0.5) is 0 Å². The molecule has 2 atom stereocenters. The van der Waals surface area contributed by atoms with Crippen LogP contribution >= 0.6 is 0 Å². The van der Waals surface area contributed by atoms with Gasteiger partial charge in [0.1, 0.15) is 13.2 Å². The second-order valence-corrected chi connectivity index (χ2v) is 19.5. The molecule has 0 aliphatic heterocycles. The van der Waals surface area contributed by atoms with Gasteiger partial charge in [0, 0.05) is 12.8 Å². The number of rotatable bonds is 50. The molecule has 9 heteroatoms. The standard InChI is InChI=1S/C62H103NO8/c1-6-8-10-12-14-16-18-20-22-24-26-28-29-30-31-33-35-37-39-41-43-45-47-49-51-53-60(65)71-58(57-70-62(61(66)67)68-55-54-63(3,4)5)56-69-59(64)52-50-48-46-44-42-40-38-36-34-32-27-25-23-21-19-17-15-13-11-9-7-2/h8,10,14,16,19-22,25-28,30-31,34-37,58,62H,6-7,9,11-13,15,17-18,23-24,29,32-33,38-57H2,1-5H3/p+1/b10-8-,16-14-,21-19-,22-20-,27-25-,28-26-,31-30-,36-34-,37-35-. The van der Waals surface area contributed by atoms with Crippen LogP contribution in [0.3, 0.4) is 0 Å². The van der Waals surface area contributed by atoms with Crippen molar-refractivity contribution in [3.05, 3.63) is 109 Å². The summed E-state index contributed by atoms with van der Waals surface area (Å²) in [4.78, 5) is 37.4. The molecule has 71 heavy (non-hydrogen) atoms. The average molecular weight is 992 g/mol. The Labute approximate surface area is 434 Å². The fraction of sp³-hybridized carbons (Fsp3) is 0.661. The number of ether oxygens (including phenoxy) is 4. The van der Waals surface area contributed by atoms with E-state index in [1.54, 1.807) is 0 Å². The molecular weight excluding hydrogens is 887 g/mol. The molecule has 0 fully saturated rings. The van der Waals surface area contributed by atoms with Crippen LogP contribution in [0.5, 0.6) is 0 Å². The maximum absolute atomic E-state index is 12.9. The molecule has 0 aromatic rings. The van der Waals surface area contributed by atoms with Crippen molar-refractivity contribution in [1.82, 2.24) is 0 Å². The summed E-state index contributed by atoms with van der Waals surface area (Å²) in [5.74, 6) is -2.05. The smallest absolute Gasteiger partial charge is 0.361 e. The fourth-order valence-corrected chi connectivity index (χ4v) is 7.20. The largest absolute Gasteiger partial charge is 0.477 e. The van der Waals surface area contributed by atoms with Crippen molar-refractivity contribution in [2.75, 3.05) is 47.5 Å². The number of carboxylic acid groups (broad SMARTS) is 1. The van der Waals surface area contributed by atoms with Crippen molar-refractivity contribution < 1.29 is 42.9 Å². The van der Waals surface area contributed by atoms with E-state index in [0.717, 1.165) is 122 Å². The number of allylic oxidation sites excluding steroid dienone is 18. The van der Waals surface area contributed by atoms with E-state index in [9.17, 15) is 19.5 Å². The van der Waals surface area contributed by atoms with Crippen molar-refractivity contribution in [3.8, 4) is 0 Å². The lowest BCUT2D eigenvalue weighted by atomic mass is 10.1. The summed E-state index contributed by atoms with van der Waals surface area (Å²) in [5.41, 5.74) is 0. The van der Waals surface area contributed by atoms with Crippen LogP contribution in [0.25, 0.3) is 0 Å². The quantitative estimate of drug-likeness (QED) is 0.0211. The lowest BCUT2D eigenvalue weighted by Gasteiger charge is -2.25. The van der Waals surface area contributed by atoms with E-state index in [4.69, 9.17) is 18.9 Å². The predicted octanol–water partition coefficient (Wildman–Crippen LogP) is 16.3. The van der Waals surface area contributed by atoms with Crippen LogP contribution in [0.15, 0.2) is 109 Å². The molecule has 0 saturated heterocycles. The summed E-state index contributed by atoms with van der Waals surface area (Å²) in [6, 6.07) is 0. The number of carbonyl (C=O) groups excluding carboxylic acids is 2. The third kappa shape index (κ3) is 53.6. The summed E-state index contributed by atoms with van der Waals surface area (Å²) in [7, 11) is 5.95. The molecule has 0 aromatic heterocycles. The maximum Gasteiger partial charge on any atom is 0.361 e. The molecule has 0 rings (SSSR count). The lowest BCUT2D eigenvalue weighted by molar-refractivity contribution is -0.870. The molecule has 0 radical (unpaired) electrons. The highest BCUT2D eigenvalue weighted by Gasteiger charge is 2.25. The van der Waals surface area contributed by atoms with E-state index in [-0.39, 0.29) is 38.6 Å². The van der Waals surface area contributed by atoms with E-state index < -0.39 is 24.3 Å². The highest BCUT2D eigenvalue weighted by Crippen LogP contribution is 2.13. The Morgan fingerprint density at radius 2 is 0.803 bits per heavy atom. The first kappa shape index (κ1) is 67.0. The van der Waals surface area contributed by atoms with Gasteiger partial charge >= 0.3 is 17.9 Å². The SMILES string of the molecule is CC/C=C\C/C=C\C/C=C\C/C=C\C/C=C\C/C=C\CCCCCCCCC(=O)OC(COC(=O)CCCCCCCC/C=C\C/C=C\C/C=C\CCCCCCC)COC(OCC[N+](C)(C)C)C(=O)O. The van der Waals surface area contributed by atoms with Gasteiger partial charge in [0.2, 0.25) is 0 Å². The Bertz CT molecular complexity index is 1530. The van der Waals surface area contributed by atoms with E-state index in [1.165, 1.54) is 51.4 Å². The summed E-state index contributed by atoms with van der Waals surface area (Å²) in [5, 5.41) is 9.70. The van der Waals surface area contributed by atoms with E-state index >= 15 is 0 Å². The summed E-state index contributed by atoms with van der Waals surface area (Å²) in [6.45, 7) is 4.70. The van der Waals surface area contributed by atoms with Gasteiger partial charge in [-0.1, -0.05) is 200 Å². The minimum Gasteiger partial charge on any atom is -0.477 e. The minimum atomic E-state index is -1.52. The molecule has 1 N–H and O–H groups in total. The van der Waals surface area contributed by atoms with Gasteiger partial charge < -0.3 is 28.5 Å². The zero-order valence-corrected chi connectivity index (χ0v) is 45.8. The zero-order chi connectivity index (χ0) is 52.0.